The molecule has 0 radical (unpaired) electrons. The van der Waals surface area contributed by atoms with Gasteiger partial charge in [0.15, 0.2) is 0 Å². The van der Waals surface area contributed by atoms with Crippen LogP contribution in [0.2, 0.25) is 5.02 Å². The SMILES string of the molecule is COC(=O)c1cccc(C(=O)NCC2(c3ccc(Cl)cc3)CC2)c1. The Morgan fingerprint density at radius 3 is 2.42 bits per heavy atom. The summed E-state index contributed by atoms with van der Waals surface area (Å²) in [5.74, 6) is -0.648. The van der Waals surface area contributed by atoms with Crippen LogP contribution in [0.1, 0.15) is 39.1 Å². The molecule has 4 nitrogen and oxygen atoms in total. The van der Waals surface area contributed by atoms with Crippen molar-refractivity contribution in [3.8, 4) is 0 Å². The average molecular weight is 344 g/mol. The molecule has 0 saturated heterocycles. The summed E-state index contributed by atoms with van der Waals surface area (Å²) in [7, 11) is 1.32. The number of nitrogens with one attached hydrogen (secondary N) is 1. The van der Waals surface area contributed by atoms with E-state index in [0.717, 1.165) is 12.8 Å². The van der Waals surface area contributed by atoms with E-state index in [1.165, 1.54) is 12.7 Å². The van der Waals surface area contributed by atoms with Crippen molar-refractivity contribution in [3.05, 3.63) is 70.2 Å². The third kappa shape index (κ3) is 3.44. The number of methoxy groups -OCH3 is 1. The zero-order valence-electron chi connectivity index (χ0n) is 13.3. The smallest absolute Gasteiger partial charge is 0.337 e. The minimum Gasteiger partial charge on any atom is -0.465 e. The molecule has 0 unspecified atom stereocenters. The predicted molar refractivity (Wildman–Crippen MR) is 92.5 cm³/mol. The van der Waals surface area contributed by atoms with Crippen molar-refractivity contribution in [1.29, 1.82) is 0 Å². The molecule has 5 heteroatoms. The summed E-state index contributed by atoms with van der Waals surface area (Å²) in [5.41, 5.74) is 2.00. The molecular formula is C19H18ClNO3. The zero-order valence-corrected chi connectivity index (χ0v) is 14.1. The fraction of sp³-hybridized carbons (Fsp3) is 0.263. The number of ether oxygens (including phenoxy) is 1. The van der Waals surface area contributed by atoms with Gasteiger partial charge in [-0.25, -0.2) is 4.79 Å². The Morgan fingerprint density at radius 1 is 1.12 bits per heavy atom. The maximum Gasteiger partial charge on any atom is 0.337 e. The highest BCUT2D eigenvalue weighted by Gasteiger charge is 2.44. The lowest BCUT2D eigenvalue weighted by atomic mass is 9.96. The van der Waals surface area contributed by atoms with Gasteiger partial charge >= 0.3 is 5.97 Å². The van der Waals surface area contributed by atoms with Crippen LogP contribution in [0.4, 0.5) is 0 Å². The Bertz CT molecular complexity index is 766. The number of halogens is 1. The van der Waals surface area contributed by atoms with Crippen molar-refractivity contribution in [1.82, 2.24) is 5.32 Å². The van der Waals surface area contributed by atoms with E-state index in [0.29, 0.717) is 22.7 Å². The second-order valence-electron chi connectivity index (χ2n) is 6.04. The number of hydrogen-bond donors (Lipinski definition) is 1. The Kier molecular flexibility index (Phi) is 4.58. The molecule has 0 spiro atoms. The molecule has 0 aliphatic heterocycles. The van der Waals surface area contributed by atoms with E-state index in [1.54, 1.807) is 24.3 Å². The number of carbonyl (C=O) groups is 2. The Balaban J connectivity index is 1.67. The van der Waals surface area contributed by atoms with Crippen LogP contribution in [-0.4, -0.2) is 25.5 Å². The first-order valence-corrected chi connectivity index (χ1v) is 8.14. The van der Waals surface area contributed by atoms with Gasteiger partial charge in [0.05, 0.1) is 12.7 Å². The molecule has 24 heavy (non-hydrogen) atoms. The minimum absolute atomic E-state index is 0.000207. The van der Waals surface area contributed by atoms with Gasteiger partial charge in [0.1, 0.15) is 0 Å². The van der Waals surface area contributed by atoms with Crippen molar-refractivity contribution in [2.75, 3.05) is 13.7 Å². The number of benzene rings is 2. The van der Waals surface area contributed by atoms with E-state index in [-0.39, 0.29) is 11.3 Å². The van der Waals surface area contributed by atoms with Crippen molar-refractivity contribution >= 4 is 23.5 Å². The highest BCUT2D eigenvalue weighted by molar-refractivity contribution is 6.30. The second-order valence-corrected chi connectivity index (χ2v) is 6.48. The molecule has 1 saturated carbocycles. The molecule has 2 aromatic carbocycles. The highest BCUT2D eigenvalue weighted by Crippen LogP contribution is 2.47. The van der Waals surface area contributed by atoms with Crippen molar-refractivity contribution in [2.45, 2.75) is 18.3 Å². The van der Waals surface area contributed by atoms with E-state index in [1.807, 2.05) is 24.3 Å². The Morgan fingerprint density at radius 2 is 1.79 bits per heavy atom. The summed E-state index contributed by atoms with van der Waals surface area (Å²) in [6.45, 7) is 0.565. The second kappa shape index (κ2) is 6.65. The lowest BCUT2D eigenvalue weighted by Crippen LogP contribution is -2.32. The first-order chi connectivity index (χ1) is 11.5. The number of amides is 1. The van der Waals surface area contributed by atoms with Gasteiger partial charge in [0, 0.05) is 22.5 Å². The fourth-order valence-corrected chi connectivity index (χ4v) is 2.90. The quantitative estimate of drug-likeness (QED) is 0.844. The van der Waals surface area contributed by atoms with E-state index < -0.39 is 5.97 Å². The van der Waals surface area contributed by atoms with Gasteiger partial charge in [-0.05, 0) is 48.7 Å². The van der Waals surface area contributed by atoms with Gasteiger partial charge in [0.2, 0.25) is 0 Å². The standard InChI is InChI=1S/C19H18ClNO3/c1-24-18(23)14-4-2-3-13(11-14)17(22)21-12-19(9-10-19)15-5-7-16(20)8-6-15/h2-8,11H,9-10,12H2,1H3,(H,21,22). The molecule has 0 aromatic heterocycles. The molecule has 2 aromatic rings. The number of esters is 1. The normalized spacial score (nSPS) is 14.8. The summed E-state index contributed by atoms with van der Waals surface area (Å²) in [5, 5.41) is 3.68. The molecule has 1 fully saturated rings. The molecule has 1 aliphatic rings. The lowest BCUT2D eigenvalue weighted by molar-refractivity contribution is 0.0600. The summed E-state index contributed by atoms with van der Waals surface area (Å²) >= 11 is 5.93. The predicted octanol–water partition coefficient (Wildman–Crippen LogP) is 3.59. The van der Waals surface area contributed by atoms with Gasteiger partial charge in [-0.1, -0.05) is 29.8 Å². The third-order valence-corrected chi connectivity index (χ3v) is 4.70. The highest BCUT2D eigenvalue weighted by atomic mass is 35.5. The van der Waals surface area contributed by atoms with Crippen LogP contribution in [0.5, 0.6) is 0 Å². The van der Waals surface area contributed by atoms with Crippen LogP contribution in [0.15, 0.2) is 48.5 Å². The van der Waals surface area contributed by atoms with E-state index in [4.69, 9.17) is 11.6 Å². The van der Waals surface area contributed by atoms with E-state index in [2.05, 4.69) is 10.1 Å². The molecular weight excluding hydrogens is 326 g/mol. The van der Waals surface area contributed by atoms with Gasteiger partial charge in [0.25, 0.3) is 5.91 Å². The van der Waals surface area contributed by atoms with Crippen LogP contribution in [0.3, 0.4) is 0 Å². The first kappa shape index (κ1) is 16.5. The summed E-state index contributed by atoms with van der Waals surface area (Å²) < 4.78 is 4.68. The molecule has 1 aliphatic carbocycles. The molecule has 1 amide bonds. The Labute approximate surface area is 145 Å². The minimum atomic E-state index is -0.454. The maximum absolute atomic E-state index is 12.4. The zero-order chi connectivity index (χ0) is 17.2. The van der Waals surface area contributed by atoms with Gasteiger partial charge in [-0.3, -0.25) is 4.79 Å². The molecule has 124 valence electrons. The summed E-state index contributed by atoms with van der Waals surface area (Å²) in [6, 6.07) is 14.3. The first-order valence-electron chi connectivity index (χ1n) is 7.77. The molecule has 1 N–H and O–H groups in total. The van der Waals surface area contributed by atoms with Crippen LogP contribution in [0.25, 0.3) is 0 Å². The molecule has 0 atom stereocenters. The topological polar surface area (TPSA) is 55.4 Å². The third-order valence-electron chi connectivity index (χ3n) is 4.44. The van der Waals surface area contributed by atoms with Crippen LogP contribution < -0.4 is 5.32 Å². The summed E-state index contributed by atoms with van der Waals surface area (Å²) in [4.78, 5) is 23.9. The summed E-state index contributed by atoms with van der Waals surface area (Å²) in [6.07, 6.45) is 2.08. The monoisotopic (exact) mass is 343 g/mol. The lowest BCUT2D eigenvalue weighted by Gasteiger charge is -2.17. The van der Waals surface area contributed by atoms with Crippen molar-refractivity contribution < 1.29 is 14.3 Å². The molecule has 0 heterocycles. The van der Waals surface area contributed by atoms with Crippen LogP contribution in [0, 0.1) is 0 Å². The number of hydrogen-bond acceptors (Lipinski definition) is 3. The van der Waals surface area contributed by atoms with Gasteiger partial charge in [-0.15, -0.1) is 0 Å². The van der Waals surface area contributed by atoms with E-state index >= 15 is 0 Å². The number of carbonyl (C=O) groups excluding carboxylic acids is 2. The van der Waals surface area contributed by atoms with Crippen molar-refractivity contribution in [2.24, 2.45) is 0 Å². The van der Waals surface area contributed by atoms with Gasteiger partial charge < -0.3 is 10.1 Å². The maximum atomic E-state index is 12.4. The van der Waals surface area contributed by atoms with Crippen molar-refractivity contribution in [3.63, 3.8) is 0 Å². The van der Waals surface area contributed by atoms with Crippen LogP contribution in [-0.2, 0) is 10.2 Å². The van der Waals surface area contributed by atoms with Gasteiger partial charge in [-0.2, -0.15) is 0 Å². The average Bonchev–Trinajstić information content (AvgIpc) is 3.41. The van der Waals surface area contributed by atoms with E-state index in [9.17, 15) is 9.59 Å². The van der Waals surface area contributed by atoms with Crippen LogP contribution >= 0.6 is 11.6 Å². The molecule has 0 bridgehead atoms. The fourth-order valence-electron chi connectivity index (χ4n) is 2.78. The molecule has 3 rings (SSSR count). The largest absolute Gasteiger partial charge is 0.465 e. The Hall–Kier alpha value is -2.33. The number of rotatable bonds is 5.